The second-order valence-electron chi connectivity index (χ2n) is 5.14. The number of halogens is 1. The minimum atomic E-state index is -0.285. The molecule has 4 nitrogen and oxygen atoms in total. The number of carbonyl (C=O) groups excluding carboxylic acids is 1. The van der Waals surface area contributed by atoms with Gasteiger partial charge in [0.1, 0.15) is 5.75 Å². The van der Waals surface area contributed by atoms with Gasteiger partial charge in [0.25, 0.3) is 5.91 Å². The normalized spacial score (nSPS) is 10.8. The lowest BCUT2D eigenvalue weighted by Gasteiger charge is -2.02. The van der Waals surface area contributed by atoms with Crippen molar-refractivity contribution >= 4 is 46.8 Å². The van der Waals surface area contributed by atoms with Crippen molar-refractivity contribution in [3.05, 3.63) is 76.1 Å². The van der Waals surface area contributed by atoms with E-state index in [1.54, 1.807) is 60.7 Å². The van der Waals surface area contributed by atoms with Crippen molar-refractivity contribution in [3.8, 4) is 5.75 Å². The molecule has 0 saturated heterocycles. The van der Waals surface area contributed by atoms with Crippen LogP contribution in [0.15, 0.2) is 74.9 Å². The van der Waals surface area contributed by atoms with E-state index in [1.165, 1.54) is 0 Å². The smallest absolute Gasteiger partial charge is 0.271 e. The molecular formula is C19H15ClN2O2S2. The molecule has 3 rings (SSSR count). The number of nitrogens with one attached hydrogen (secondary N) is 1. The highest BCUT2D eigenvalue weighted by atomic mass is 35.5. The maximum Gasteiger partial charge on any atom is 0.271 e. The topological polar surface area (TPSA) is 50.7 Å². The summed E-state index contributed by atoms with van der Waals surface area (Å²) >= 11 is 9.15. The number of rotatable bonds is 6. The molecule has 0 aliphatic rings. The van der Waals surface area contributed by atoms with Gasteiger partial charge in [0.15, 0.2) is 0 Å². The van der Waals surface area contributed by atoms with Gasteiger partial charge in [-0.3, -0.25) is 4.79 Å². The van der Waals surface area contributed by atoms with Crippen LogP contribution in [0.25, 0.3) is 0 Å². The van der Waals surface area contributed by atoms with E-state index in [0.717, 1.165) is 19.0 Å². The van der Waals surface area contributed by atoms with Crippen LogP contribution >= 0.6 is 34.7 Å². The first-order valence-electron chi connectivity index (χ1n) is 7.65. The second kappa shape index (κ2) is 8.89. The molecule has 1 amide bonds. The first-order valence-corrected chi connectivity index (χ1v) is 9.66. The standard InChI is InChI=1S/C19H15ClN2O2S2/c1-24-15-4-2-3-13(11-15)19(23)22-21-12-17-9-10-18(26-17)25-16-7-5-14(20)6-8-16/h2-12H,1H3,(H,22,23)/b21-12-. The van der Waals surface area contributed by atoms with Crippen LogP contribution in [0.3, 0.4) is 0 Å². The maximum atomic E-state index is 12.1. The Morgan fingerprint density at radius 3 is 2.77 bits per heavy atom. The van der Waals surface area contributed by atoms with Gasteiger partial charge in [-0.2, -0.15) is 5.10 Å². The third-order valence-corrected chi connectivity index (χ3v) is 5.74. The Morgan fingerprint density at radius 2 is 2.00 bits per heavy atom. The largest absolute Gasteiger partial charge is 0.497 e. The van der Waals surface area contributed by atoms with Crippen molar-refractivity contribution in [2.24, 2.45) is 5.10 Å². The number of hydrazone groups is 1. The van der Waals surface area contributed by atoms with Gasteiger partial charge < -0.3 is 4.74 Å². The van der Waals surface area contributed by atoms with Gasteiger partial charge >= 0.3 is 0 Å². The molecule has 1 heterocycles. The number of amides is 1. The van der Waals surface area contributed by atoms with Crippen LogP contribution in [0, 0.1) is 0 Å². The van der Waals surface area contributed by atoms with Gasteiger partial charge in [0.2, 0.25) is 0 Å². The SMILES string of the molecule is COc1cccc(C(=O)N/N=C\c2ccc(Sc3ccc(Cl)cc3)s2)c1. The van der Waals surface area contributed by atoms with E-state index in [1.807, 2.05) is 36.4 Å². The summed E-state index contributed by atoms with van der Waals surface area (Å²) in [6.07, 6.45) is 1.63. The van der Waals surface area contributed by atoms with E-state index in [2.05, 4.69) is 10.5 Å². The van der Waals surface area contributed by atoms with E-state index in [9.17, 15) is 4.79 Å². The zero-order chi connectivity index (χ0) is 18.4. The Balaban J connectivity index is 1.58. The van der Waals surface area contributed by atoms with E-state index in [-0.39, 0.29) is 5.91 Å². The minimum Gasteiger partial charge on any atom is -0.497 e. The minimum absolute atomic E-state index is 0.285. The van der Waals surface area contributed by atoms with Crippen molar-refractivity contribution in [2.75, 3.05) is 7.11 Å². The van der Waals surface area contributed by atoms with Crippen molar-refractivity contribution < 1.29 is 9.53 Å². The predicted molar refractivity (Wildman–Crippen MR) is 108 cm³/mol. The van der Waals surface area contributed by atoms with Gasteiger partial charge in [-0.25, -0.2) is 5.43 Å². The van der Waals surface area contributed by atoms with E-state index in [4.69, 9.17) is 16.3 Å². The van der Waals surface area contributed by atoms with Crippen LogP contribution in [0.5, 0.6) is 5.75 Å². The van der Waals surface area contributed by atoms with E-state index < -0.39 is 0 Å². The molecule has 7 heteroatoms. The summed E-state index contributed by atoms with van der Waals surface area (Å²) < 4.78 is 6.24. The van der Waals surface area contributed by atoms with Crippen molar-refractivity contribution in [1.29, 1.82) is 0 Å². The molecule has 3 aromatic rings. The van der Waals surface area contributed by atoms with Crippen molar-refractivity contribution in [1.82, 2.24) is 5.43 Å². The molecule has 0 aliphatic carbocycles. The summed E-state index contributed by atoms with van der Waals surface area (Å²) in [7, 11) is 1.56. The van der Waals surface area contributed by atoms with Crippen LogP contribution in [-0.2, 0) is 0 Å². The van der Waals surface area contributed by atoms with Crippen molar-refractivity contribution in [3.63, 3.8) is 0 Å². The molecule has 2 aromatic carbocycles. The number of hydrogen-bond donors (Lipinski definition) is 1. The van der Waals surface area contributed by atoms with Gasteiger partial charge in [-0.1, -0.05) is 29.4 Å². The number of benzene rings is 2. The third-order valence-electron chi connectivity index (χ3n) is 3.32. The summed E-state index contributed by atoms with van der Waals surface area (Å²) in [6.45, 7) is 0. The number of carbonyl (C=O) groups is 1. The summed E-state index contributed by atoms with van der Waals surface area (Å²) in [5, 5.41) is 4.75. The monoisotopic (exact) mass is 402 g/mol. The molecule has 132 valence electrons. The maximum absolute atomic E-state index is 12.1. The van der Waals surface area contributed by atoms with Crippen LogP contribution in [-0.4, -0.2) is 19.2 Å². The first-order chi connectivity index (χ1) is 12.6. The quantitative estimate of drug-likeness (QED) is 0.448. The Labute approximate surface area is 164 Å². The summed E-state index contributed by atoms with van der Waals surface area (Å²) in [5.41, 5.74) is 3.02. The summed E-state index contributed by atoms with van der Waals surface area (Å²) in [4.78, 5) is 14.2. The van der Waals surface area contributed by atoms with E-state index >= 15 is 0 Å². The number of ether oxygens (including phenoxy) is 1. The summed E-state index contributed by atoms with van der Waals surface area (Å²) in [5.74, 6) is 0.344. The Kier molecular flexibility index (Phi) is 6.33. The van der Waals surface area contributed by atoms with Gasteiger partial charge in [0, 0.05) is 20.4 Å². The lowest BCUT2D eigenvalue weighted by Crippen LogP contribution is -2.17. The first kappa shape index (κ1) is 18.5. The number of thiophene rings is 1. The van der Waals surface area contributed by atoms with Gasteiger partial charge in [-0.15, -0.1) is 11.3 Å². The molecule has 0 aliphatic heterocycles. The molecule has 26 heavy (non-hydrogen) atoms. The highest BCUT2D eigenvalue weighted by molar-refractivity contribution is 8.01. The molecule has 0 bridgehead atoms. The van der Waals surface area contributed by atoms with E-state index in [0.29, 0.717) is 11.3 Å². The molecule has 0 radical (unpaired) electrons. The molecule has 0 unspecified atom stereocenters. The van der Waals surface area contributed by atoms with Crippen LogP contribution in [0.4, 0.5) is 0 Å². The molecule has 0 spiro atoms. The fourth-order valence-electron chi connectivity index (χ4n) is 2.06. The fraction of sp³-hybridized carbons (Fsp3) is 0.0526. The zero-order valence-corrected chi connectivity index (χ0v) is 16.2. The predicted octanol–water partition coefficient (Wildman–Crippen LogP) is 5.33. The highest BCUT2D eigenvalue weighted by Crippen LogP contribution is 2.33. The Bertz CT molecular complexity index is 923. The fourth-order valence-corrected chi connectivity index (χ4v) is 4.18. The number of hydrogen-bond acceptors (Lipinski definition) is 5. The Hall–Kier alpha value is -2.28. The average Bonchev–Trinajstić information content (AvgIpc) is 3.11. The lowest BCUT2D eigenvalue weighted by molar-refractivity contribution is 0.0955. The van der Waals surface area contributed by atoms with Crippen LogP contribution < -0.4 is 10.2 Å². The van der Waals surface area contributed by atoms with Gasteiger partial charge in [0.05, 0.1) is 17.5 Å². The number of methoxy groups -OCH3 is 1. The van der Waals surface area contributed by atoms with Crippen LogP contribution in [0.1, 0.15) is 15.2 Å². The molecular weight excluding hydrogens is 388 g/mol. The summed E-state index contributed by atoms with van der Waals surface area (Å²) in [6, 6.07) is 18.6. The number of nitrogens with zero attached hydrogens (tertiary/aromatic N) is 1. The molecule has 0 saturated carbocycles. The molecule has 1 aromatic heterocycles. The van der Waals surface area contributed by atoms with Crippen LogP contribution in [0.2, 0.25) is 5.02 Å². The Morgan fingerprint density at radius 1 is 1.19 bits per heavy atom. The highest BCUT2D eigenvalue weighted by Gasteiger charge is 2.05. The second-order valence-corrected chi connectivity index (χ2v) is 8.07. The molecule has 1 N–H and O–H groups in total. The lowest BCUT2D eigenvalue weighted by atomic mass is 10.2. The average molecular weight is 403 g/mol. The zero-order valence-electron chi connectivity index (χ0n) is 13.8. The molecule has 0 fully saturated rings. The van der Waals surface area contributed by atoms with Crippen molar-refractivity contribution in [2.45, 2.75) is 9.10 Å². The third kappa shape index (κ3) is 5.11. The van der Waals surface area contributed by atoms with Gasteiger partial charge in [-0.05, 0) is 54.6 Å². The molecule has 0 atom stereocenters.